The van der Waals surface area contributed by atoms with Crippen LogP contribution in [0, 0.1) is 11.8 Å². The minimum Gasteiger partial charge on any atom is -0.384 e. The van der Waals surface area contributed by atoms with E-state index in [1.807, 2.05) is 18.2 Å². The van der Waals surface area contributed by atoms with Crippen LogP contribution in [0.25, 0.3) is 0 Å². The summed E-state index contributed by atoms with van der Waals surface area (Å²) in [5.41, 5.74) is 2.99. The molecule has 1 saturated carbocycles. The summed E-state index contributed by atoms with van der Waals surface area (Å²) in [5.74, 6) is 0.667. The minimum absolute atomic E-state index is 0.0335. The molecule has 4 atom stereocenters. The van der Waals surface area contributed by atoms with Crippen LogP contribution in [0.1, 0.15) is 37.7 Å². The molecule has 0 radical (unpaired) electrons. The SMILES string of the molecule is O=C1CCc2ccc(NCC3CC4CC(Cl)CCC4NC3=O)cc2N1. The quantitative estimate of drug-likeness (QED) is 0.725. The topological polar surface area (TPSA) is 70.2 Å². The largest absolute Gasteiger partial charge is 0.384 e. The number of alkyl halides is 1. The van der Waals surface area contributed by atoms with Gasteiger partial charge < -0.3 is 16.0 Å². The van der Waals surface area contributed by atoms with Crippen LogP contribution in [-0.4, -0.2) is 29.8 Å². The number of amides is 2. The van der Waals surface area contributed by atoms with Crippen molar-refractivity contribution in [1.82, 2.24) is 5.32 Å². The highest BCUT2D eigenvalue weighted by atomic mass is 35.5. The number of carbonyl (C=O) groups is 2. The molecule has 2 amide bonds. The van der Waals surface area contributed by atoms with Crippen molar-refractivity contribution in [2.24, 2.45) is 11.8 Å². The second kappa shape index (κ2) is 6.87. The third kappa shape index (κ3) is 3.61. The van der Waals surface area contributed by atoms with Gasteiger partial charge >= 0.3 is 0 Å². The number of hydrogen-bond donors (Lipinski definition) is 3. The zero-order valence-electron chi connectivity index (χ0n) is 14.2. The van der Waals surface area contributed by atoms with E-state index in [1.165, 1.54) is 5.56 Å². The van der Waals surface area contributed by atoms with E-state index in [9.17, 15) is 9.59 Å². The number of nitrogens with one attached hydrogen (secondary N) is 3. The van der Waals surface area contributed by atoms with Crippen molar-refractivity contribution in [3.8, 4) is 0 Å². The molecule has 3 aliphatic rings. The monoisotopic (exact) mass is 361 g/mol. The highest BCUT2D eigenvalue weighted by Crippen LogP contribution is 2.35. The van der Waals surface area contributed by atoms with Gasteiger partial charge in [0.1, 0.15) is 0 Å². The van der Waals surface area contributed by atoms with Crippen LogP contribution in [0.5, 0.6) is 0 Å². The van der Waals surface area contributed by atoms with E-state index in [0.29, 0.717) is 24.9 Å². The predicted molar refractivity (Wildman–Crippen MR) is 98.9 cm³/mol. The fraction of sp³-hybridized carbons (Fsp3) is 0.579. The number of aryl methyl sites for hydroxylation is 1. The normalized spacial score (nSPS) is 31.4. The molecule has 25 heavy (non-hydrogen) atoms. The van der Waals surface area contributed by atoms with Crippen molar-refractivity contribution in [1.29, 1.82) is 0 Å². The lowest BCUT2D eigenvalue weighted by Crippen LogP contribution is -2.53. The Morgan fingerprint density at radius 1 is 1.16 bits per heavy atom. The smallest absolute Gasteiger partial charge is 0.225 e. The molecule has 4 rings (SSSR count). The van der Waals surface area contributed by atoms with E-state index in [0.717, 1.165) is 43.5 Å². The average Bonchev–Trinajstić information content (AvgIpc) is 2.60. The molecule has 134 valence electrons. The predicted octanol–water partition coefficient (Wildman–Crippen LogP) is 2.90. The second-order valence-electron chi connectivity index (χ2n) is 7.52. The fourth-order valence-electron chi connectivity index (χ4n) is 4.33. The summed E-state index contributed by atoms with van der Waals surface area (Å²) < 4.78 is 0. The van der Waals surface area contributed by atoms with E-state index >= 15 is 0 Å². The van der Waals surface area contributed by atoms with E-state index < -0.39 is 0 Å². The molecular weight excluding hydrogens is 338 g/mol. The minimum atomic E-state index is -0.0335. The molecule has 2 aliphatic heterocycles. The Balaban J connectivity index is 1.38. The van der Waals surface area contributed by atoms with Gasteiger partial charge in [0.15, 0.2) is 0 Å². The van der Waals surface area contributed by atoms with Gasteiger partial charge in [0.2, 0.25) is 11.8 Å². The van der Waals surface area contributed by atoms with Crippen molar-refractivity contribution < 1.29 is 9.59 Å². The van der Waals surface area contributed by atoms with E-state index in [-0.39, 0.29) is 23.1 Å². The summed E-state index contributed by atoms with van der Waals surface area (Å²) in [6.07, 6.45) is 5.21. The third-order valence-corrected chi connectivity index (χ3v) is 6.16. The number of hydrogen-bond acceptors (Lipinski definition) is 3. The molecule has 4 unspecified atom stereocenters. The van der Waals surface area contributed by atoms with Crippen LogP contribution in [0.3, 0.4) is 0 Å². The first-order chi connectivity index (χ1) is 12.1. The number of piperidine rings is 1. The lowest BCUT2D eigenvalue weighted by molar-refractivity contribution is -0.129. The summed E-state index contributed by atoms with van der Waals surface area (Å²) in [6, 6.07) is 6.34. The summed E-state index contributed by atoms with van der Waals surface area (Å²) in [5, 5.41) is 9.72. The first kappa shape index (κ1) is 16.7. The standard InChI is InChI=1S/C19H24ClN3O2/c20-14-3-5-16-12(8-14)7-13(19(25)23-16)10-21-15-4-1-11-2-6-18(24)22-17(11)9-15/h1,4,9,12-14,16,21H,2-3,5-8,10H2,(H,22,24)(H,23,25). The van der Waals surface area contributed by atoms with Gasteiger partial charge in [-0.2, -0.15) is 0 Å². The molecule has 1 aliphatic carbocycles. The van der Waals surface area contributed by atoms with Gasteiger partial charge in [-0.3, -0.25) is 9.59 Å². The Hall–Kier alpha value is -1.75. The average molecular weight is 362 g/mol. The molecule has 0 aromatic heterocycles. The first-order valence-corrected chi connectivity index (χ1v) is 9.63. The molecule has 6 heteroatoms. The summed E-state index contributed by atoms with van der Waals surface area (Å²) in [7, 11) is 0. The Bertz CT molecular complexity index is 693. The van der Waals surface area contributed by atoms with Crippen molar-refractivity contribution >= 4 is 34.8 Å². The van der Waals surface area contributed by atoms with Gasteiger partial charge in [0.05, 0.1) is 5.92 Å². The molecule has 0 spiro atoms. The molecule has 2 heterocycles. The number of fused-ring (bicyclic) bond motifs is 2. The van der Waals surface area contributed by atoms with E-state index in [1.54, 1.807) is 0 Å². The maximum absolute atomic E-state index is 12.4. The Kier molecular flexibility index (Phi) is 4.59. The third-order valence-electron chi connectivity index (χ3n) is 5.76. The van der Waals surface area contributed by atoms with Crippen molar-refractivity contribution in [2.45, 2.75) is 49.9 Å². The van der Waals surface area contributed by atoms with Crippen LogP contribution in [0.15, 0.2) is 18.2 Å². The van der Waals surface area contributed by atoms with Crippen molar-refractivity contribution in [2.75, 3.05) is 17.2 Å². The van der Waals surface area contributed by atoms with Gasteiger partial charge in [0, 0.05) is 35.8 Å². The van der Waals surface area contributed by atoms with Gasteiger partial charge in [-0.25, -0.2) is 0 Å². The zero-order valence-corrected chi connectivity index (χ0v) is 14.9. The van der Waals surface area contributed by atoms with Gasteiger partial charge in [-0.15, -0.1) is 11.6 Å². The molecule has 3 N–H and O–H groups in total. The number of anilines is 2. The van der Waals surface area contributed by atoms with Crippen LogP contribution >= 0.6 is 11.6 Å². The summed E-state index contributed by atoms with van der Waals surface area (Å²) in [4.78, 5) is 23.9. The zero-order chi connectivity index (χ0) is 17.4. The van der Waals surface area contributed by atoms with Gasteiger partial charge in [-0.1, -0.05) is 6.07 Å². The lowest BCUT2D eigenvalue weighted by atomic mass is 9.75. The van der Waals surface area contributed by atoms with Gasteiger partial charge in [0.25, 0.3) is 0 Å². The Labute approximate surface area is 152 Å². The van der Waals surface area contributed by atoms with Crippen LogP contribution in [0.4, 0.5) is 11.4 Å². The summed E-state index contributed by atoms with van der Waals surface area (Å²) >= 11 is 6.31. The second-order valence-corrected chi connectivity index (χ2v) is 8.14. The highest BCUT2D eigenvalue weighted by Gasteiger charge is 2.38. The van der Waals surface area contributed by atoms with Crippen LogP contribution in [0.2, 0.25) is 0 Å². The molecular formula is C19H24ClN3O2. The van der Waals surface area contributed by atoms with Crippen LogP contribution < -0.4 is 16.0 Å². The molecule has 2 fully saturated rings. The molecule has 1 aromatic rings. The molecule has 1 saturated heterocycles. The van der Waals surface area contributed by atoms with E-state index in [2.05, 4.69) is 16.0 Å². The number of halogens is 1. The van der Waals surface area contributed by atoms with Gasteiger partial charge in [-0.05, 0) is 55.7 Å². The number of carbonyl (C=O) groups excluding carboxylic acids is 2. The van der Waals surface area contributed by atoms with Crippen LogP contribution in [-0.2, 0) is 16.0 Å². The highest BCUT2D eigenvalue weighted by molar-refractivity contribution is 6.20. The number of benzene rings is 1. The maximum Gasteiger partial charge on any atom is 0.225 e. The molecule has 5 nitrogen and oxygen atoms in total. The fourth-order valence-corrected chi connectivity index (χ4v) is 4.68. The number of rotatable bonds is 3. The molecule has 0 bridgehead atoms. The Morgan fingerprint density at radius 2 is 2.04 bits per heavy atom. The van der Waals surface area contributed by atoms with E-state index in [4.69, 9.17) is 11.6 Å². The maximum atomic E-state index is 12.4. The van der Waals surface area contributed by atoms with Crippen molar-refractivity contribution in [3.63, 3.8) is 0 Å². The molecule has 1 aromatic carbocycles. The Morgan fingerprint density at radius 3 is 2.92 bits per heavy atom. The summed E-state index contributed by atoms with van der Waals surface area (Å²) in [6.45, 7) is 0.606. The first-order valence-electron chi connectivity index (χ1n) is 9.19. The van der Waals surface area contributed by atoms with Crippen molar-refractivity contribution in [3.05, 3.63) is 23.8 Å². The lowest BCUT2D eigenvalue weighted by Gasteiger charge is -2.41.